The number of carbonyl (C=O) groups is 2. The summed E-state index contributed by atoms with van der Waals surface area (Å²) in [7, 11) is 0. The number of H-pyrrole nitrogens is 1. The summed E-state index contributed by atoms with van der Waals surface area (Å²) in [6.45, 7) is 3.46. The summed E-state index contributed by atoms with van der Waals surface area (Å²) in [5, 5.41) is 0.342. The Balaban J connectivity index is 1.66. The number of carbonyl (C=O) groups excluding carboxylic acids is 2. The third-order valence-corrected chi connectivity index (χ3v) is 5.93. The Labute approximate surface area is 153 Å². The third-order valence-electron chi connectivity index (χ3n) is 5.19. The smallest absolute Gasteiger partial charge is 0.271 e. The fraction of sp³-hybridized carbons (Fsp3) is 0.412. The Morgan fingerprint density at radius 2 is 2.04 bits per heavy atom. The van der Waals surface area contributed by atoms with Crippen molar-refractivity contribution in [3.63, 3.8) is 0 Å². The predicted molar refractivity (Wildman–Crippen MR) is 93.5 cm³/mol. The minimum atomic E-state index is -0.582. The summed E-state index contributed by atoms with van der Waals surface area (Å²) >= 11 is 12.3. The molecule has 25 heavy (non-hydrogen) atoms. The normalized spacial score (nSPS) is 23.4. The predicted octanol–water partition coefficient (Wildman–Crippen LogP) is 3.31. The summed E-state index contributed by atoms with van der Waals surface area (Å²) < 4.78 is 13.7. The van der Waals surface area contributed by atoms with Crippen LogP contribution in [0.15, 0.2) is 12.1 Å². The van der Waals surface area contributed by atoms with Gasteiger partial charge in [-0.05, 0) is 18.1 Å². The topological polar surface area (TPSA) is 56.4 Å². The maximum absolute atomic E-state index is 13.7. The lowest BCUT2D eigenvalue weighted by atomic mass is 10.0. The van der Waals surface area contributed by atoms with Crippen LogP contribution in [-0.2, 0) is 4.79 Å². The molecular weight excluding hydrogens is 368 g/mol. The van der Waals surface area contributed by atoms with Gasteiger partial charge in [-0.15, -0.1) is 0 Å². The fourth-order valence-corrected chi connectivity index (χ4v) is 4.44. The van der Waals surface area contributed by atoms with Gasteiger partial charge in [0, 0.05) is 37.0 Å². The average molecular weight is 384 g/mol. The largest absolute Gasteiger partial charge is 0.349 e. The molecule has 3 heterocycles. The Morgan fingerprint density at radius 3 is 2.80 bits per heavy atom. The quantitative estimate of drug-likeness (QED) is 0.820. The van der Waals surface area contributed by atoms with E-state index >= 15 is 0 Å². The molecule has 0 aliphatic carbocycles. The molecule has 2 aromatic rings. The van der Waals surface area contributed by atoms with E-state index in [1.165, 1.54) is 12.1 Å². The molecule has 4 rings (SSSR count). The van der Waals surface area contributed by atoms with Gasteiger partial charge in [0.15, 0.2) is 0 Å². The first-order valence-corrected chi connectivity index (χ1v) is 8.88. The highest BCUT2D eigenvalue weighted by molar-refractivity contribution is 6.44. The molecule has 2 saturated heterocycles. The van der Waals surface area contributed by atoms with Gasteiger partial charge in [-0.1, -0.05) is 30.1 Å². The van der Waals surface area contributed by atoms with Gasteiger partial charge in [0.05, 0.1) is 16.1 Å². The van der Waals surface area contributed by atoms with Crippen LogP contribution in [0.1, 0.15) is 23.8 Å². The second-order valence-electron chi connectivity index (χ2n) is 6.68. The van der Waals surface area contributed by atoms with E-state index in [1.54, 1.807) is 4.90 Å². The van der Waals surface area contributed by atoms with Crippen molar-refractivity contribution in [2.24, 2.45) is 5.92 Å². The highest BCUT2D eigenvalue weighted by atomic mass is 35.5. The van der Waals surface area contributed by atoms with Crippen LogP contribution in [0.5, 0.6) is 0 Å². The zero-order valence-electron chi connectivity index (χ0n) is 13.5. The monoisotopic (exact) mass is 383 g/mol. The highest BCUT2D eigenvalue weighted by Gasteiger charge is 2.42. The van der Waals surface area contributed by atoms with E-state index in [0.717, 1.165) is 0 Å². The van der Waals surface area contributed by atoms with Crippen LogP contribution in [0.2, 0.25) is 10.0 Å². The molecule has 2 atom stereocenters. The molecule has 8 heteroatoms. The second-order valence-corrected chi connectivity index (χ2v) is 7.44. The van der Waals surface area contributed by atoms with E-state index in [4.69, 9.17) is 23.2 Å². The number of piperazine rings is 1. The van der Waals surface area contributed by atoms with E-state index < -0.39 is 5.82 Å². The Bertz CT molecular complexity index is 898. The molecule has 0 saturated carbocycles. The lowest BCUT2D eigenvalue weighted by Gasteiger charge is -2.38. The van der Waals surface area contributed by atoms with Crippen molar-refractivity contribution in [1.29, 1.82) is 0 Å². The van der Waals surface area contributed by atoms with E-state index in [1.807, 2.05) is 11.8 Å². The first-order chi connectivity index (χ1) is 11.9. The molecule has 1 aromatic carbocycles. The fourth-order valence-electron chi connectivity index (χ4n) is 3.81. The van der Waals surface area contributed by atoms with Gasteiger partial charge >= 0.3 is 0 Å². The number of amides is 2. The lowest BCUT2D eigenvalue weighted by Crippen LogP contribution is -2.54. The van der Waals surface area contributed by atoms with Gasteiger partial charge in [0.25, 0.3) is 5.91 Å². The Hall–Kier alpha value is -1.79. The number of aromatic amines is 1. The number of hydrogen-bond donors (Lipinski definition) is 1. The molecule has 2 aliphatic heterocycles. The molecule has 1 N–H and O–H groups in total. The molecular formula is C17H16Cl2FN3O2. The summed E-state index contributed by atoms with van der Waals surface area (Å²) in [5.41, 5.74) is 0.720. The minimum Gasteiger partial charge on any atom is -0.349 e. The van der Waals surface area contributed by atoms with Crippen molar-refractivity contribution in [1.82, 2.24) is 14.8 Å². The van der Waals surface area contributed by atoms with Crippen molar-refractivity contribution < 1.29 is 14.0 Å². The standard InChI is InChI=1S/C17H16Cl2FN3O2/c1-8-6-12(24)23-5-4-22(7-11(8)23)17(25)16-15(19)13-10(21-16)3-2-9(20)14(13)18/h2-3,8,11,21H,4-7H2,1H3. The second kappa shape index (κ2) is 5.88. The highest BCUT2D eigenvalue weighted by Crippen LogP contribution is 2.36. The van der Waals surface area contributed by atoms with Gasteiger partial charge in [-0.2, -0.15) is 0 Å². The van der Waals surface area contributed by atoms with Crippen molar-refractivity contribution in [3.05, 3.63) is 33.7 Å². The van der Waals surface area contributed by atoms with Gasteiger partial charge in [0.2, 0.25) is 5.91 Å². The van der Waals surface area contributed by atoms with E-state index in [2.05, 4.69) is 4.98 Å². The maximum atomic E-state index is 13.7. The summed E-state index contributed by atoms with van der Waals surface area (Å²) in [6, 6.07) is 2.78. The number of halogens is 3. The lowest BCUT2D eigenvalue weighted by molar-refractivity contribution is -0.130. The molecule has 0 spiro atoms. The van der Waals surface area contributed by atoms with Crippen molar-refractivity contribution >= 4 is 45.9 Å². The first-order valence-electron chi connectivity index (χ1n) is 8.12. The van der Waals surface area contributed by atoms with Gasteiger partial charge in [-0.25, -0.2) is 4.39 Å². The molecule has 2 aliphatic rings. The number of nitrogens with zero attached hydrogens (tertiary/aromatic N) is 2. The summed E-state index contributed by atoms with van der Waals surface area (Å²) in [4.78, 5) is 31.4. The molecule has 2 fully saturated rings. The van der Waals surface area contributed by atoms with Crippen LogP contribution in [-0.4, -0.2) is 52.3 Å². The van der Waals surface area contributed by atoms with Crippen LogP contribution < -0.4 is 0 Å². The first kappa shape index (κ1) is 16.7. The van der Waals surface area contributed by atoms with Crippen LogP contribution in [0.4, 0.5) is 4.39 Å². The van der Waals surface area contributed by atoms with Crippen molar-refractivity contribution in [2.45, 2.75) is 19.4 Å². The average Bonchev–Trinajstić information content (AvgIpc) is 3.08. The van der Waals surface area contributed by atoms with Gasteiger partial charge < -0.3 is 14.8 Å². The molecule has 0 bridgehead atoms. The molecule has 2 unspecified atom stereocenters. The number of aromatic nitrogens is 1. The number of nitrogens with one attached hydrogen (secondary N) is 1. The van der Waals surface area contributed by atoms with E-state index in [0.29, 0.717) is 37.0 Å². The molecule has 5 nitrogen and oxygen atoms in total. The van der Waals surface area contributed by atoms with Crippen molar-refractivity contribution in [3.8, 4) is 0 Å². The van der Waals surface area contributed by atoms with Gasteiger partial charge in [0.1, 0.15) is 11.5 Å². The van der Waals surface area contributed by atoms with Crippen LogP contribution in [0, 0.1) is 11.7 Å². The van der Waals surface area contributed by atoms with Crippen LogP contribution >= 0.6 is 23.2 Å². The Kier molecular flexibility index (Phi) is 3.92. The van der Waals surface area contributed by atoms with Crippen molar-refractivity contribution in [2.75, 3.05) is 19.6 Å². The summed E-state index contributed by atoms with van der Waals surface area (Å²) in [6.07, 6.45) is 0.523. The molecule has 0 radical (unpaired) electrons. The number of benzene rings is 1. The molecule has 2 amide bonds. The molecule has 1 aromatic heterocycles. The van der Waals surface area contributed by atoms with E-state index in [-0.39, 0.29) is 39.5 Å². The van der Waals surface area contributed by atoms with Crippen LogP contribution in [0.25, 0.3) is 10.9 Å². The Morgan fingerprint density at radius 1 is 1.28 bits per heavy atom. The van der Waals surface area contributed by atoms with Crippen LogP contribution in [0.3, 0.4) is 0 Å². The molecule has 132 valence electrons. The number of hydrogen-bond acceptors (Lipinski definition) is 2. The van der Waals surface area contributed by atoms with E-state index in [9.17, 15) is 14.0 Å². The maximum Gasteiger partial charge on any atom is 0.271 e. The summed E-state index contributed by atoms with van der Waals surface area (Å²) in [5.74, 6) is -0.481. The zero-order chi connectivity index (χ0) is 17.9. The number of rotatable bonds is 1. The van der Waals surface area contributed by atoms with Gasteiger partial charge in [-0.3, -0.25) is 9.59 Å². The minimum absolute atomic E-state index is 0.0365. The third kappa shape index (κ3) is 2.50. The SMILES string of the molecule is CC1CC(=O)N2CCN(C(=O)c3[nH]c4ccc(F)c(Cl)c4c3Cl)CC12. The number of fused-ring (bicyclic) bond motifs is 2. The zero-order valence-corrected chi connectivity index (χ0v) is 15.0.